The average Bonchev–Trinajstić information content (AvgIpc) is 2.26. The first-order valence-electron chi connectivity index (χ1n) is 5.25. The van der Waals surface area contributed by atoms with Gasteiger partial charge in [0.05, 0.1) is 12.3 Å². The number of aliphatic hydroxyl groups is 1. The van der Waals surface area contributed by atoms with E-state index < -0.39 is 0 Å². The number of nitrogens with zero attached hydrogens (tertiary/aromatic N) is 2. The minimum absolute atomic E-state index is 0.268. The van der Waals surface area contributed by atoms with Gasteiger partial charge in [0, 0.05) is 13.6 Å². The molecule has 16 heavy (non-hydrogen) atoms. The number of hydrogen-bond acceptors (Lipinski definition) is 5. The van der Waals surface area contributed by atoms with Gasteiger partial charge in [-0.3, -0.25) is 0 Å². The highest BCUT2D eigenvalue weighted by molar-refractivity contribution is 6.32. The maximum Gasteiger partial charge on any atom is 0.224 e. The first kappa shape index (κ1) is 13.0. The second-order valence-corrected chi connectivity index (χ2v) is 3.97. The van der Waals surface area contributed by atoms with Crippen molar-refractivity contribution >= 4 is 23.4 Å². The summed E-state index contributed by atoms with van der Waals surface area (Å²) in [4.78, 5) is 8.16. The second kappa shape index (κ2) is 6.50. The van der Waals surface area contributed by atoms with Crippen LogP contribution in [-0.2, 0) is 0 Å². The van der Waals surface area contributed by atoms with Gasteiger partial charge < -0.3 is 15.7 Å². The fourth-order valence-electron chi connectivity index (χ4n) is 1.22. The van der Waals surface area contributed by atoms with Crippen LogP contribution in [0, 0.1) is 0 Å². The zero-order valence-electron chi connectivity index (χ0n) is 9.50. The molecule has 90 valence electrons. The molecule has 0 saturated heterocycles. The monoisotopic (exact) mass is 244 g/mol. The van der Waals surface area contributed by atoms with E-state index >= 15 is 0 Å². The molecule has 0 aliphatic rings. The molecule has 0 aliphatic carbocycles. The number of aliphatic hydroxyl groups excluding tert-OH is 1. The smallest absolute Gasteiger partial charge is 0.224 e. The molecule has 1 rings (SSSR count). The van der Waals surface area contributed by atoms with Crippen LogP contribution in [0.4, 0.5) is 11.8 Å². The fourth-order valence-corrected chi connectivity index (χ4v) is 1.37. The van der Waals surface area contributed by atoms with E-state index in [0.717, 1.165) is 19.4 Å². The van der Waals surface area contributed by atoms with Crippen LogP contribution < -0.4 is 10.6 Å². The van der Waals surface area contributed by atoms with Crippen molar-refractivity contribution in [1.82, 2.24) is 9.97 Å². The molecule has 0 amide bonds. The van der Waals surface area contributed by atoms with Crippen LogP contribution in [0.15, 0.2) is 6.20 Å². The zero-order chi connectivity index (χ0) is 12.0. The van der Waals surface area contributed by atoms with E-state index in [0.29, 0.717) is 16.8 Å². The number of nitrogens with one attached hydrogen (secondary N) is 2. The summed E-state index contributed by atoms with van der Waals surface area (Å²) in [6.07, 6.45) is 2.91. The Hall–Kier alpha value is -1.07. The molecule has 0 bridgehead atoms. The molecule has 1 aromatic heterocycles. The van der Waals surface area contributed by atoms with Gasteiger partial charge in [0.25, 0.3) is 0 Å². The highest BCUT2D eigenvalue weighted by atomic mass is 35.5. The van der Waals surface area contributed by atoms with Crippen LogP contribution in [0.25, 0.3) is 0 Å². The van der Waals surface area contributed by atoms with E-state index in [1.165, 1.54) is 0 Å². The summed E-state index contributed by atoms with van der Waals surface area (Å²) in [5, 5.41) is 15.5. The fraction of sp³-hybridized carbons (Fsp3) is 0.600. The first-order chi connectivity index (χ1) is 7.63. The van der Waals surface area contributed by atoms with Crippen molar-refractivity contribution < 1.29 is 5.11 Å². The van der Waals surface area contributed by atoms with Gasteiger partial charge in [0.1, 0.15) is 10.8 Å². The molecule has 0 fully saturated rings. The summed E-state index contributed by atoms with van der Waals surface area (Å²) in [6, 6.07) is 0. The van der Waals surface area contributed by atoms with Crippen molar-refractivity contribution in [2.45, 2.75) is 25.9 Å². The quantitative estimate of drug-likeness (QED) is 0.665. The largest absolute Gasteiger partial charge is 0.393 e. The number of anilines is 2. The van der Waals surface area contributed by atoms with E-state index in [1.807, 2.05) is 0 Å². The maximum absolute atomic E-state index is 9.10. The molecule has 1 unspecified atom stereocenters. The van der Waals surface area contributed by atoms with Crippen molar-refractivity contribution in [1.29, 1.82) is 0 Å². The van der Waals surface area contributed by atoms with Crippen LogP contribution in [-0.4, -0.2) is 34.8 Å². The number of halogens is 1. The molecule has 0 saturated carbocycles. The molecule has 0 aromatic carbocycles. The lowest BCUT2D eigenvalue weighted by Crippen LogP contribution is -2.09. The van der Waals surface area contributed by atoms with Crippen LogP contribution in [0.3, 0.4) is 0 Å². The Morgan fingerprint density at radius 1 is 1.56 bits per heavy atom. The van der Waals surface area contributed by atoms with Gasteiger partial charge in [0.2, 0.25) is 5.95 Å². The van der Waals surface area contributed by atoms with Crippen LogP contribution in [0.2, 0.25) is 5.02 Å². The van der Waals surface area contributed by atoms with E-state index in [-0.39, 0.29) is 6.10 Å². The standard InChI is InChI=1S/C10H17ClN4O/c1-7(16)4-3-5-13-9-8(11)6-14-10(12-2)15-9/h6-7,16H,3-5H2,1-2H3,(H2,12,13,14,15). The van der Waals surface area contributed by atoms with Crippen molar-refractivity contribution in [3.8, 4) is 0 Å². The van der Waals surface area contributed by atoms with E-state index in [9.17, 15) is 0 Å². The van der Waals surface area contributed by atoms with Crippen molar-refractivity contribution in [3.05, 3.63) is 11.2 Å². The molecular formula is C10H17ClN4O. The third-order valence-corrected chi connectivity index (χ3v) is 2.34. The van der Waals surface area contributed by atoms with Crippen molar-refractivity contribution in [2.75, 3.05) is 24.2 Å². The highest BCUT2D eigenvalue weighted by Crippen LogP contribution is 2.19. The highest BCUT2D eigenvalue weighted by Gasteiger charge is 2.04. The molecule has 0 spiro atoms. The Balaban J connectivity index is 2.46. The topological polar surface area (TPSA) is 70.1 Å². The minimum atomic E-state index is -0.268. The molecule has 6 heteroatoms. The lowest BCUT2D eigenvalue weighted by molar-refractivity contribution is 0.183. The number of aromatic nitrogens is 2. The van der Waals surface area contributed by atoms with Gasteiger partial charge in [-0.05, 0) is 19.8 Å². The maximum atomic E-state index is 9.10. The Labute approximate surface area is 100 Å². The summed E-state index contributed by atoms with van der Waals surface area (Å²) in [5.74, 6) is 1.15. The second-order valence-electron chi connectivity index (χ2n) is 3.56. The van der Waals surface area contributed by atoms with Crippen molar-refractivity contribution in [2.24, 2.45) is 0 Å². The van der Waals surface area contributed by atoms with E-state index in [4.69, 9.17) is 16.7 Å². The molecule has 1 heterocycles. The van der Waals surface area contributed by atoms with Crippen LogP contribution in [0.1, 0.15) is 19.8 Å². The lowest BCUT2D eigenvalue weighted by Gasteiger charge is -2.09. The average molecular weight is 245 g/mol. The predicted molar refractivity (Wildman–Crippen MR) is 66.0 cm³/mol. The van der Waals surface area contributed by atoms with Gasteiger partial charge >= 0.3 is 0 Å². The Bertz CT molecular complexity index is 333. The molecule has 3 N–H and O–H groups in total. The Kier molecular flexibility index (Phi) is 5.28. The molecule has 0 radical (unpaired) electrons. The summed E-state index contributed by atoms with van der Waals surface area (Å²) in [6.45, 7) is 2.50. The third-order valence-electron chi connectivity index (χ3n) is 2.06. The lowest BCUT2D eigenvalue weighted by atomic mass is 10.2. The van der Waals surface area contributed by atoms with Gasteiger partial charge in [-0.1, -0.05) is 11.6 Å². The normalized spacial score (nSPS) is 12.2. The Morgan fingerprint density at radius 2 is 2.31 bits per heavy atom. The molecule has 0 aliphatic heterocycles. The van der Waals surface area contributed by atoms with Crippen molar-refractivity contribution in [3.63, 3.8) is 0 Å². The predicted octanol–water partition coefficient (Wildman–Crippen LogP) is 1.74. The van der Waals surface area contributed by atoms with Crippen LogP contribution >= 0.6 is 11.6 Å². The van der Waals surface area contributed by atoms with Gasteiger partial charge in [-0.2, -0.15) is 4.98 Å². The summed E-state index contributed by atoms with van der Waals surface area (Å²) >= 11 is 5.93. The zero-order valence-corrected chi connectivity index (χ0v) is 10.3. The van der Waals surface area contributed by atoms with E-state index in [1.54, 1.807) is 20.2 Å². The molecule has 1 atom stereocenters. The summed E-state index contributed by atoms with van der Waals surface area (Å²) in [5.41, 5.74) is 0. The first-order valence-corrected chi connectivity index (χ1v) is 5.63. The van der Waals surface area contributed by atoms with Crippen LogP contribution in [0.5, 0.6) is 0 Å². The summed E-state index contributed by atoms with van der Waals surface area (Å²) < 4.78 is 0. The molecule has 5 nitrogen and oxygen atoms in total. The van der Waals surface area contributed by atoms with Gasteiger partial charge in [-0.25, -0.2) is 4.98 Å². The third kappa shape index (κ3) is 4.20. The Morgan fingerprint density at radius 3 is 2.94 bits per heavy atom. The molecular weight excluding hydrogens is 228 g/mol. The summed E-state index contributed by atoms with van der Waals surface area (Å²) in [7, 11) is 1.75. The number of rotatable bonds is 6. The molecule has 1 aromatic rings. The van der Waals surface area contributed by atoms with Gasteiger partial charge in [-0.15, -0.1) is 0 Å². The van der Waals surface area contributed by atoms with Gasteiger partial charge in [0.15, 0.2) is 0 Å². The number of hydrogen-bond donors (Lipinski definition) is 3. The SMILES string of the molecule is CNc1ncc(Cl)c(NCCCC(C)O)n1. The van der Waals surface area contributed by atoms with E-state index in [2.05, 4.69) is 20.6 Å². The minimum Gasteiger partial charge on any atom is -0.393 e.